The van der Waals surface area contributed by atoms with Gasteiger partial charge in [-0.2, -0.15) is 0 Å². The first-order valence-electron chi connectivity index (χ1n) is 5.48. The maximum atomic E-state index is 11.4. The third kappa shape index (κ3) is 4.40. The number of hydrogen-bond donors (Lipinski definition) is 2. The van der Waals surface area contributed by atoms with E-state index in [1.807, 2.05) is 0 Å². The fourth-order valence-electron chi connectivity index (χ4n) is 1.20. The Kier molecular flexibility index (Phi) is 4.25. The number of nitrogens with zero attached hydrogens (tertiary/aromatic N) is 1. The standard InChI is InChI=1S/C12H17N3O3/c1-12(2,3)18-11(17)15-6-9-4-10(13)8(7-16)5-14-9/h4-5,7H,6H2,1-3H3,(H2,13,14)(H,15,17). The van der Waals surface area contributed by atoms with Crippen LogP contribution in [0.15, 0.2) is 12.3 Å². The van der Waals surface area contributed by atoms with Crippen LogP contribution < -0.4 is 11.1 Å². The van der Waals surface area contributed by atoms with Crippen molar-refractivity contribution in [1.82, 2.24) is 10.3 Å². The number of hydrogen-bond acceptors (Lipinski definition) is 5. The van der Waals surface area contributed by atoms with Gasteiger partial charge in [0.25, 0.3) is 0 Å². The lowest BCUT2D eigenvalue weighted by Crippen LogP contribution is -2.32. The maximum absolute atomic E-state index is 11.4. The molecule has 0 saturated carbocycles. The monoisotopic (exact) mass is 251 g/mol. The lowest BCUT2D eigenvalue weighted by atomic mass is 10.2. The molecule has 1 aromatic heterocycles. The molecule has 1 aromatic rings. The molecule has 6 nitrogen and oxygen atoms in total. The molecular weight excluding hydrogens is 234 g/mol. The van der Waals surface area contributed by atoms with Gasteiger partial charge in [0.2, 0.25) is 0 Å². The Morgan fingerprint density at radius 2 is 2.22 bits per heavy atom. The van der Waals surface area contributed by atoms with Crippen LogP contribution in [0, 0.1) is 0 Å². The first-order chi connectivity index (χ1) is 8.31. The van der Waals surface area contributed by atoms with E-state index in [4.69, 9.17) is 10.5 Å². The average Bonchev–Trinajstić information content (AvgIpc) is 2.24. The minimum atomic E-state index is -0.544. The predicted octanol–water partition coefficient (Wildman–Crippen LogP) is 1.50. The van der Waals surface area contributed by atoms with Crippen molar-refractivity contribution in [2.45, 2.75) is 32.9 Å². The van der Waals surface area contributed by atoms with Crippen LogP contribution in [0.2, 0.25) is 0 Å². The number of nitrogens with two attached hydrogens (primary N) is 1. The van der Waals surface area contributed by atoms with E-state index in [0.717, 1.165) is 0 Å². The molecule has 0 unspecified atom stereocenters. The third-order valence-corrected chi connectivity index (χ3v) is 1.96. The number of aldehydes is 1. The quantitative estimate of drug-likeness (QED) is 0.794. The molecule has 0 aliphatic carbocycles. The highest BCUT2D eigenvalue weighted by atomic mass is 16.6. The van der Waals surface area contributed by atoms with Crippen molar-refractivity contribution in [3.05, 3.63) is 23.5 Å². The summed E-state index contributed by atoms with van der Waals surface area (Å²) >= 11 is 0. The van der Waals surface area contributed by atoms with Gasteiger partial charge in [-0.1, -0.05) is 0 Å². The molecular formula is C12H17N3O3. The lowest BCUT2D eigenvalue weighted by molar-refractivity contribution is 0.0522. The zero-order valence-electron chi connectivity index (χ0n) is 10.7. The lowest BCUT2D eigenvalue weighted by Gasteiger charge is -2.19. The van der Waals surface area contributed by atoms with E-state index in [1.54, 1.807) is 26.8 Å². The topological polar surface area (TPSA) is 94.3 Å². The summed E-state index contributed by atoms with van der Waals surface area (Å²) < 4.78 is 5.07. The first kappa shape index (κ1) is 14.0. The van der Waals surface area contributed by atoms with Gasteiger partial charge in [-0.3, -0.25) is 9.78 Å². The minimum Gasteiger partial charge on any atom is -0.444 e. The van der Waals surface area contributed by atoms with Crippen LogP contribution in [-0.2, 0) is 11.3 Å². The summed E-state index contributed by atoms with van der Waals surface area (Å²) in [6.07, 6.45) is 1.48. The number of rotatable bonds is 3. The molecule has 0 atom stereocenters. The molecule has 1 rings (SSSR count). The molecule has 0 spiro atoms. The van der Waals surface area contributed by atoms with Gasteiger partial charge in [-0.25, -0.2) is 4.79 Å². The van der Waals surface area contributed by atoms with Crippen molar-refractivity contribution in [1.29, 1.82) is 0 Å². The van der Waals surface area contributed by atoms with E-state index >= 15 is 0 Å². The number of amides is 1. The number of aromatic nitrogens is 1. The van der Waals surface area contributed by atoms with Crippen molar-refractivity contribution >= 4 is 18.1 Å². The zero-order chi connectivity index (χ0) is 13.8. The fraction of sp³-hybridized carbons (Fsp3) is 0.417. The second kappa shape index (κ2) is 5.48. The number of carbonyl (C=O) groups excluding carboxylic acids is 2. The summed E-state index contributed by atoms with van der Waals surface area (Å²) in [4.78, 5) is 25.9. The summed E-state index contributed by atoms with van der Waals surface area (Å²) in [5.41, 5.74) is 6.30. The van der Waals surface area contributed by atoms with Crippen LogP contribution in [0.25, 0.3) is 0 Å². The van der Waals surface area contributed by atoms with Gasteiger partial charge in [0, 0.05) is 11.9 Å². The minimum absolute atomic E-state index is 0.193. The van der Waals surface area contributed by atoms with Crippen LogP contribution in [0.1, 0.15) is 36.8 Å². The van der Waals surface area contributed by atoms with E-state index in [2.05, 4.69) is 10.3 Å². The van der Waals surface area contributed by atoms with Crippen molar-refractivity contribution < 1.29 is 14.3 Å². The number of anilines is 1. The molecule has 18 heavy (non-hydrogen) atoms. The van der Waals surface area contributed by atoms with E-state index < -0.39 is 11.7 Å². The van der Waals surface area contributed by atoms with Crippen LogP contribution >= 0.6 is 0 Å². The van der Waals surface area contributed by atoms with Gasteiger partial charge in [-0.15, -0.1) is 0 Å². The number of pyridine rings is 1. The van der Waals surface area contributed by atoms with Crippen molar-refractivity contribution in [2.75, 3.05) is 5.73 Å². The molecule has 0 aliphatic heterocycles. The molecule has 3 N–H and O–H groups in total. The van der Waals surface area contributed by atoms with E-state index in [9.17, 15) is 9.59 Å². The highest BCUT2D eigenvalue weighted by Gasteiger charge is 2.15. The smallest absolute Gasteiger partial charge is 0.407 e. The molecule has 0 saturated heterocycles. The van der Waals surface area contributed by atoms with Crippen LogP contribution in [-0.4, -0.2) is 23.0 Å². The Morgan fingerprint density at radius 1 is 1.56 bits per heavy atom. The molecule has 0 aromatic carbocycles. The number of nitrogen functional groups attached to an aromatic ring is 1. The van der Waals surface area contributed by atoms with E-state index in [-0.39, 0.29) is 6.54 Å². The Morgan fingerprint density at radius 3 is 2.72 bits per heavy atom. The normalized spacial score (nSPS) is 10.8. The molecule has 0 radical (unpaired) electrons. The Hall–Kier alpha value is -2.11. The van der Waals surface area contributed by atoms with Crippen LogP contribution in [0.3, 0.4) is 0 Å². The van der Waals surface area contributed by atoms with Gasteiger partial charge >= 0.3 is 6.09 Å². The summed E-state index contributed by atoms with van der Waals surface area (Å²) in [5, 5.41) is 2.55. The molecule has 0 fully saturated rings. The molecule has 1 amide bonds. The first-order valence-corrected chi connectivity index (χ1v) is 5.48. The highest BCUT2D eigenvalue weighted by molar-refractivity contribution is 5.82. The summed E-state index contributed by atoms with van der Waals surface area (Å²) in [5.74, 6) is 0. The van der Waals surface area contributed by atoms with Crippen molar-refractivity contribution in [3.63, 3.8) is 0 Å². The molecule has 98 valence electrons. The molecule has 0 aliphatic rings. The van der Waals surface area contributed by atoms with Crippen LogP contribution in [0.4, 0.5) is 10.5 Å². The maximum Gasteiger partial charge on any atom is 0.407 e. The Balaban J connectivity index is 2.56. The number of ether oxygens (including phenoxy) is 1. The van der Waals surface area contributed by atoms with Crippen LogP contribution in [0.5, 0.6) is 0 Å². The number of carbonyl (C=O) groups is 2. The van der Waals surface area contributed by atoms with E-state index in [0.29, 0.717) is 23.2 Å². The largest absolute Gasteiger partial charge is 0.444 e. The average molecular weight is 251 g/mol. The summed E-state index contributed by atoms with van der Waals surface area (Å²) in [7, 11) is 0. The van der Waals surface area contributed by atoms with Crippen molar-refractivity contribution in [2.24, 2.45) is 0 Å². The fourth-order valence-corrected chi connectivity index (χ4v) is 1.20. The molecule has 6 heteroatoms. The van der Waals surface area contributed by atoms with Gasteiger partial charge in [0.15, 0.2) is 6.29 Å². The number of alkyl carbamates (subject to hydrolysis) is 1. The third-order valence-electron chi connectivity index (χ3n) is 1.96. The van der Waals surface area contributed by atoms with E-state index in [1.165, 1.54) is 6.20 Å². The summed E-state index contributed by atoms with van der Waals surface area (Å²) in [6, 6.07) is 1.54. The predicted molar refractivity (Wildman–Crippen MR) is 67.1 cm³/mol. The second-order valence-electron chi connectivity index (χ2n) is 4.78. The molecule has 0 bridgehead atoms. The van der Waals surface area contributed by atoms with Crippen molar-refractivity contribution in [3.8, 4) is 0 Å². The zero-order valence-corrected chi connectivity index (χ0v) is 10.7. The SMILES string of the molecule is CC(C)(C)OC(=O)NCc1cc(N)c(C=O)cn1. The van der Waals surface area contributed by atoms with Gasteiger partial charge in [-0.05, 0) is 26.8 Å². The number of nitrogens with one attached hydrogen (secondary N) is 1. The van der Waals surface area contributed by atoms with Gasteiger partial charge in [0.05, 0.1) is 17.8 Å². The Labute approximate surface area is 106 Å². The molecule has 1 heterocycles. The van der Waals surface area contributed by atoms with Gasteiger partial charge < -0.3 is 15.8 Å². The summed E-state index contributed by atoms with van der Waals surface area (Å²) in [6.45, 7) is 5.53. The highest BCUT2D eigenvalue weighted by Crippen LogP contribution is 2.10. The Bertz CT molecular complexity index is 452. The van der Waals surface area contributed by atoms with Gasteiger partial charge in [0.1, 0.15) is 5.60 Å². The second-order valence-corrected chi connectivity index (χ2v) is 4.78.